The lowest BCUT2D eigenvalue weighted by Crippen LogP contribution is -1.91. The zero-order chi connectivity index (χ0) is 14.1. The summed E-state index contributed by atoms with van der Waals surface area (Å²) in [5.41, 5.74) is 7.53. The van der Waals surface area contributed by atoms with Crippen LogP contribution in [0.1, 0.15) is 18.0 Å². The maximum atomic E-state index is 13.3. The third kappa shape index (κ3) is 2.76. The second kappa shape index (κ2) is 5.38. The number of aromatic nitrogens is 2. The fourth-order valence-electron chi connectivity index (χ4n) is 1.94. The van der Waals surface area contributed by atoms with Crippen LogP contribution < -0.4 is 5.73 Å². The molecule has 0 atom stereocenters. The van der Waals surface area contributed by atoms with Crippen molar-refractivity contribution < 1.29 is 8.81 Å². The van der Waals surface area contributed by atoms with Crippen molar-refractivity contribution in [1.29, 1.82) is 0 Å². The summed E-state index contributed by atoms with van der Waals surface area (Å²) in [5, 5.41) is 2.57. The van der Waals surface area contributed by atoms with E-state index in [0.717, 1.165) is 18.5 Å². The van der Waals surface area contributed by atoms with Crippen molar-refractivity contribution in [1.82, 2.24) is 9.97 Å². The van der Waals surface area contributed by atoms with Crippen LogP contribution in [0.5, 0.6) is 0 Å². The Morgan fingerprint density at radius 1 is 1.30 bits per heavy atom. The van der Waals surface area contributed by atoms with Gasteiger partial charge in [0, 0.05) is 17.9 Å². The fourth-order valence-corrected chi connectivity index (χ4v) is 2.69. The van der Waals surface area contributed by atoms with E-state index in [0.29, 0.717) is 28.5 Å². The summed E-state index contributed by atoms with van der Waals surface area (Å²) < 4.78 is 18.8. The number of oxazole rings is 1. The Kier molecular flexibility index (Phi) is 3.58. The monoisotopic (exact) mass is 311 g/mol. The van der Waals surface area contributed by atoms with Gasteiger partial charge in [0.1, 0.15) is 11.3 Å². The molecule has 0 saturated carbocycles. The van der Waals surface area contributed by atoms with Gasteiger partial charge in [0.05, 0.1) is 10.7 Å². The van der Waals surface area contributed by atoms with E-state index in [1.165, 1.54) is 23.5 Å². The second-order valence-corrected chi connectivity index (χ2v) is 5.67. The molecule has 104 valence electrons. The molecule has 0 aliphatic rings. The molecule has 2 N–H and O–H groups in total. The first-order valence-electron chi connectivity index (χ1n) is 6.06. The first kappa shape index (κ1) is 13.3. The molecule has 0 amide bonds. The number of rotatable bonds is 4. The van der Waals surface area contributed by atoms with Gasteiger partial charge in [-0.1, -0.05) is 11.6 Å². The molecule has 0 bridgehead atoms. The van der Waals surface area contributed by atoms with Gasteiger partial charge in [0.15, 0.2) is 16.6 Å². The molecule has 2 heterocycles. The van der Waals surface area contributed by atoms with Gasteiger partial charge < -0.3 is 10.2 Å². The normalized spacial score (nSPS) is 11.3. The number of halogens is 2. The Balaban J connectivity index is 1.68. The number of fused-ring (bicyclic) bond motifs is 1. The second-order valence-electron chi connectivity index (χ2n) is 4.37. The van der Waals surface area contributed by atoms with Crippen molar-refractivity contribution in [2.75, 3.05) is 5.73 Å². The van der Waals surface area contributed by atoms with Gasteiger partial charge in [-0.15, -0.1) is 11.3 Å². The van der Waals surface area contributed by atoms with Crippen molar-refractivity contribution in [3.8, 4) is 0 Å². The molecule has 2 aromatic heterocycles. The smallest absolute Gasteiger partial charge is 0.195 e. The van der Waals surface area contributed by atoms with Gasteiger partial charge >= 0.3 is 0 Å². The van der Waals surface area contributed by atoms with Crippen molar-refractivity contribution in [3.63, 3.8) is 0 Å². The Morgan fingerprint density at radius 3 is 2.90 bits per heavy atom. The van der Waals surface area contributed by atoms with E-state index in [1.807, 2.05) is 5.38 Å². The van der Waals surface area contributed by atoms with Gasteiger partial charge in [0.2, 0.25) is 0 Å². The number of thiazole rings is 1. The molecule has 3 aromatic rings. The summed E-state index contributed by atoms with van der Waals surface area (Å²) >= 11 is 7.14. The summed E-state index contributed by atoms with van der Waals surface area (Å²) in [4.78, 5) is 8.48. The lowest BCUT2D eigenvalue weighted by Gasteiger charge is -1.94. The van der Waals surface area contributed by atoms with Crippen LogP contribution >= 0.6 is 22.9 Å². The Morgan fingerprint density at radius 2 is 2.15 bits per heavy atom. The molecule has 20 heavy (non-hydrogen) atoms. The number of nitrogen functional groups attached to an aromatic ring is 1. The zero-order valence-corrected chi connectivity index (χ0v) is 12.0. The molecule has 0 fully saturated rings. The molecule has 0 spiro atoms. The van der Waals surface area contributed by atoms with Crippen LogP contribution in [-0.4, -0.2) is 9.97 Å². The first-order chi connectivity index (χ1) is 9.61. The highest BCUT2D eigenvalue weighted by molar-refractivity contribution is 7.13. The van der Waals surface area contributed by atoms with Gasteiger partial charge in [-0.2, -0.15) is 0 Å². The van der Waals surface area contributed by atoms with Gasteiger partial charge in [-0.25, -0.2) is 14.4 Å². The van der Waals surface area contributed by atoms with E-state index in [1.54, 1.807) is 0 Å². The summed E-state index contributed by atoms with van der Waals surface area (Å²) in [6.45, 7) is 0. The molecule has 1 aromatic carbocycles. The minimum absolute atomic E-state index is 0.0512. The SMILES string of the molecule is Nc1nc(CCCc2nc3cc(Cl)c(F)cc3o2)cs1. The van der Waals surface area contributed by atoms with Crippen molar-refractivity contribution >= 4 is 39.2 Å². The van der Waals surface area contributed by atoms with Crippen LogP contribution in [0.2, 0.25) is 5.02 Å². The van der Waals surface area contributed by atoms with E-state index in [9.17, 15) is 4.39 Å². The highest BCUT2D eigenvalue weighted by Crippen LogP contribution is 2.24. The molecule has 7 heteroatoms. The third-order valence-corrected chi connectivity index (χ3v) is 3.88. The van der Waals surface area contributed by atoms with Crippen LogP contribution in [0.15, 0.2) is 21.9 Å². The summed E-state index contributed by atoms with van der Waals surface area (Å²) in [7, 11) is 0. The molecule has 0 aliphatic carbocycles. The maximum absolute atomic E-state index is 13.3. The average Bonchev–Trinajstić information content (AvgIpc) is 2.97. The van der Waals surface area contributed by atoms with Crippen molar-refractivity contribution in [3.05, 3.63) is 39.9 Å². The van der Waals surface area contributed by atoms with Crippen molar-refractivity contribution in [2.24, 2.45) is 0 Å². The highest BCUT2D eigenvalue weighted by atomic mass is 35.5. The summed E-state index contributed by atoms with van der Waals surface area (Å²) in [5.74, 6) is 0.0738. The van der Waals surface area contributed by atoms with Crippen LogP contribution in [0, 0.1) is 5.82 Å². The largest absolute Gasteiger partial charge is 0.441 e. The number of nitrogens with two attached hydrogens (primary N) is 1. The molecular weight excluding hydrogens is 301 g/mol. The molecule has 4 nitrogen and oxygen atoms in total. The highest BCUT2D eigenvalue weighted by Gasteiger charge is 2.10. The average molecular weight is 312 g/mol. The minimum Gasteiger partial charge on any atom is -0.441 e. The molecule has 0 aliphatic heterocycles. The zero-order valence-electron chi connectivity index (χ0n) is 10.4. The number of hydrogen-bond acceptors (Lipinski definition) is 5. The first-order valence-corrected chi connectivity index (χ1v) is 7.32. The number of hydrogen-bond donors (Lipinski definition) is 1. The summed E-state index contributed by atoms with van der Waals surface area (Å²) in [6.07, 6.45) is 2.30. The predicted molar refractivity (Wildman–Crippen MR) is 77.5 cm³/mol. The molecule has 0 radical (unpaired) electrons. The predicted octanol–water partition coefficient (Wildman–Crippen LogP) is 3.83. The quantitative estimate of drug-likeness (QED) is 0.795. The van der Waals surface area contributed by atoms with E-state index in [4.69, 9.17) is 21.8 Å². The number of nitrogens with zero attached hydrogens (tertiary/aromatic N) is 2. The molecule has 3 rings (SSSR count). The Labute approximate surface area is 123 Å². The van der Waals surface area contributed by atoms with Gasteiger partial charge in [-0.3, -0.25) is 0 Å². The Bertz CT molecular complexity index is 716. The number of aryl methyl sites for hydroxylation is 2. The topological polar surface area (TPSA) is 64.9 Å². The van der Waals surface area contributed by atoms with E-state index in [2.05, 4.69) is 9.97 Å². The van der Waals surface area contributed by atoms with Gasteiger partial charge in [0.25, 0.3) is 0 Å². The van der Waals surface area contributed by atoms with E-state index in [-0.39, 0.29) is 5.02 Å². The number of anilines is 1. The van der Waals surface area contributed by atoms with Crippen molar-refractivity contribution in [2.45, 2.75) is 19.3 Å². The summed E-state index contributed by atoms with van der Waals surface area (Å²) in [6, 6.07) is 2.73. The lowest BCUT2D eigenvalue weighted by atomic mass is 10.2. The maximum Gasteiger partial charge on any atom is 0.195 e. The number of benzene rings is 1. The van der Waals surface area contributed by atoms with E-state index < -0.39 is 5.82 Å². The fraction of sp³-hybridized carbons (Fsp3) is 0.231. The molecular formula is C13H11ClFN3OS. The van der Waals surface area contributed by atoms with Crippen LogP contribution in [-0.2, 0) is 12.8 Å². The van der Waals surface area contributed by atoms with E-state index >= 15 is 0 Å². The molecule has 0 saturated heterocycles. The Hall–Kier alpha value is -1.66. The third-order valence-electron chi connectivity index (χ3n) is 2.87. The van der Waals surface area contributed by atoms with Gasteiger partial charge in [-0.05, 0) is 18.9 Å². The molecule has 0 unspecified atom stereocenters. The minimum atomic E-state index is -0.500. The standard InChI is InChI=1S/C13H11ClFN3OS/c14-8-4-10-11(5-9(8)15)19-12(18-10)3-1-2-7-6-20-13(16)17-7/h4-6H,1-3H2,(H2,16,17). The van der Waals surface area contributed by atoms with Crippen LogP contribution in [0.4, 0.5) is 9.52 Å². The lowest BCUT2D eigenvalue weighted by molar-refractivity contribution is 0.516. The van der Waals surface area contributed by atoms with Crippen LogP contribution in [0.3, 0.4) is 0 Å². The van der Waals surface area contributed by atoms with Crippen LogP contribution in [0.25, 0.3) is 11.1 Å².